The molecule has 126 valence electrons. The molecular weight excluding hydrogens is 272 g/mol. The van der Waals surface area contributed by atoms with Gasteiger partial charge < -0.3 is 15.5 Å². The van der Waals surface area contributed by atoms with Crippen molar-refractivity contribution in [3.63, 3.8) is 0 Å². The molecule has 0 radical (unpaired) electrons. The first-order valence-corrected chi connectivity index (χ1v) is 9.54. The molecule has 2 unspecified atom stereocenters. The molecule has 0 amide bonds. The van der Waals surface area contributed by atoms with E-state index in [-0.39, 0.29) is 0 Å². The van der Waals surface area contributed by atoms with Gasteiger partial charge in [0, 0.05) is 38.3 Å². The molecule has 0 bridgehead atoms. The molecule has 1 heterocycles. The van der Waals surface area contributed by atoms with E-state index in [0.717, 1.165) is 17.9 Å². The van der Waals surface area contributed by atoms with Crippen LogP contribution in [0.2, 0.25) is 0 Å². The Hall–Kier alpha value is -0.770. The van der Waals surface area contributed by atoms with Gasteiger partial charge in [-0.25, -0.2) is 0 Å². The van der Waals surface area contributed by atoms with Crippen LogP contribution >= 0.6 is 0 Å². The highest BCUT2D eigenvalue weighted by Crippen LogP contribution is 2.34. The van der Waals surface area contributed by atoms with Gasteiger partial charge in [-0.15, -0.1) is 0 Å². The summed E-state index contributed by atoms with van der Waals surface area (Å²) in [5.74, 6) is 1.91. The number of hydrogen-bond donors (Lipinski definition) is 2. The first-order valence-electron chi connectivity index (χ1n) is 9.54. The number of guanidine groups is 1. The third-order valence-electron chi connectivity index (χ3n) is 5.84. The zero-order chi connectivity index (χ0) is 15.4. The number of piperidine rings is 1. The number of nitrogens with zero attached hydrogens (tertiary/aromatic N) is 2. The first kappa shape index (κ1) is 16.1. The van der Waals surface area contributed by atoms with Gasteiger partial charge in [-0.2, -0.15) is 0 Å². The second-order valence-electron chi connectivity index (χ2n) is 7.50. The number of likely N-dealkylation sites (tertiary alicyclic amines) is 1. The van der Waals surface area contributed by atoms with Gasteiger partial charge in [0.25, 0.3) is 0 Å². The van der Waals surface area contributed by atoms with E-state index in [1.165, 1.54) is 70.9 Å². The van der Waals surface area contributed by atoms with Crippen molar-refractivity contribution in [3.05, 3.63) is 0 Å². The van der Waals surface area contributed by atoms with Crippen LogP contribution in [0.3, 0.4) is 0 Å². The average molecular weight is 306 g/mol. The van der Waals surface area contributed by atoms with Crippen molar-refractivity contribution in [2.24, 2.45) is 10.9 Å². The largest absolute Gasteiger partial charge is 0.354 e. The highest BCUT2D eigenvalue weighted by molar-refractivity contribution is 5.80. The summed E-state index contributed by atoms with van der Waals surface area (Å²) in [4.78, 5) is 7.17. The smallest absolute Gasteiger partial charge is 0.191 e. The molecule has 22 heavy (non-hydrogen) atoms. The topological polar surface area (TPSA) is 39.7 Å². The Morgan fingerprint density at radius 1 is 1.09 bits per heavy atom. The average Bonchev–Trinajstić information content (AvgIpc) is 3.04. The maximum absolute atomic E-state index is 4.43. The molecule has 2 atom stereocenters. The Morgan fingerprint density at radius 2 is 1.82 bits per heavy atom. The molecule has 2 N–H and O–H groups in total. The molecule has 4 nitrogen and oxygen atoms in total. The van der Waals surface area contributed by atoms with Gasteiger partial charge in [0.05, 0.1) is 0 Å². The molecule has 3 rings (SSSR count). The van der Waals surface area contributed by atoms with Gasteiger partial charge in [0.15, 0.2) is 5.96 Å². The summed E-state index contributed by atoms with van der Waals surface area (Å²) < 4.78 is 0. The number of rotatable bonds is 5. The highest BCUT2D eigenvalue weighted by Gasteiger charge is 2.37. The fraction of sp³-hybridized carbons (Fsp3) is 0.944. The van der Waals surface area contributed by atoms with E-state index in [9.17, 15) is 0 Å². The second kappa shape index (κ2) is 7.67. The SMILES string of the molecule is CCCC1CC1NC(=NC)NC1CCN(C2CCCC2)CC1. The predicted molar refractivity (Wildman–Crippen MR) is 93.3 cm³/mol. The lowest BCUT2D eigenvalue weighted by atomic mass is 10.0. The third-order valence-corrected chi connectivity index (χ3v) is 5.84. The molecule has 0 aromatic carbocycles. The molecule has 1 saturated heterocycles. The monoisotopic (exact) mass is 306 g/mol. The second-order valence-corrected chi connectivity index (χ2v) is 7.50. The molecule has 2 saturated carbocycles. The van der Waals surface area contributed by atoms with E-state index in [1.54, 1.807) is 0 Å². The molecule has 3 aliphatic rings. The van der Waals surface area contributed by atoms with Gasteiger partial charge in [-0.3, -0.25) is 4.99 Å². The molecule has 1 aliphatic heterocycles. The molecule has 0 spiro atoms. The molecule has 0 aromatic heterocycles. The summed E-state index contributed by atoms with van der Waals surface area (Å²) in [6, 6.07) is 2.16. The molecule has 0 aromatic rings. The molecule has 3 fully saturated rings. The van der Waals surface area contributed by atoms with E-state index < -0.39 is 0 Å². The maximum atomic E-state index is 4.43. The Morgan fingerprint density at radius 3 is 2.45 bits per heavy atom. The zero-order valence-electron chi connectivity index (χ0n) is 14.5. The van der Waals surface area contributed by atoms with Crippen molar-refractivity contribution in [1.29, 1.82) is 0 Å². The minimum absolute atomic E-state index is 0.604. The van der Waals surface area contributed by atoms with Crippen molar-refractivity contribution >= 4 is 5.96 Å². The van der Waals surface area contributed by atoms with Crippen molar-refractivity contribution in [2.45, 2.75) is 82.8 Å². The van der Waals surface area contributed by atoms with Crippen LogP contribution in [0.1, 0.15) is 64.7 Å². The van der Waals surface area contributed by atoms with Gasteiger partial charge >= 0.3 is 0 Å². The van der Waals surface area contributed by atoms with Crippen molar-refractivity contribution in [1.82, 2.24) is 15.5 Å². The van der Waals surface area contributed by atoms with Crippen LogP contribution in [0.25, 0.3) is 0 Å². The minimum atomic E-state index is 0.604. The summed E-state index contributed by atoms with van der Waals surface area (Å²) >= 11 is 0. The van der Waals surface area contributed by atoms with E-state index in [4.69, 9.17) is 0 Å². The molecule has 4 heteroatoms. The third kappa shape index (κ3) is 4.15. The van der Waals surface area contributed by atoms with Crippen LogP contribution in [0, 0.1) is 5.92 Å². The van der Waals surface area contributed by atoms with Crippen LogP contribution in [0.15, 0.2) is 4.99 Å². The van der Waals surface area contributed by atoms with Gasteiger partial charge in [0.1, 0.15) is 0 Å². The summed E-state index contributed by atoms with van der Waals surface area (Å²) in [5, 5.41) is 7.28. The molecule has 2 aliphatic carbocycles. The Labute approximate surface area is 136 Å². The lowest BCUT2D eigenvalue weighted by Crippen LogP contribution is -2.50. The van der Waals surface area contributed by atoms with E-state index in [1.807, 2.05) is 7.05 Å². The Balaban J connectivity index is 1.38. The van der Waals surface area contributed by atoms with Crippen LogP contribution in [0.5, 0.6) is 0 Å². The van der Waals surface area contributed by atoms with Crippen LogP contribution in [-0.4, -0.2) is 49.1 Å². The van der Waals surface area contributed by atoms with Crippen LogP contribution in [0.4, 0.5) is 0 Å². The quantitative estimate of drug-likeness (QED) is 0.606. The summed E-state index contributed by atoms with van der Waals surface area (Å²) in [6.07, 6.45) is 12.3. The number of nitrogens with one attached hydrogen (secondary N) is 2. The summed E-state index contributed by atoms with van der Waals surface area (Å²) in [6.45, 7) is 4.81. The van der Waals surface area contributed by atoms with Gasteiger partial charge in [-0.1, -0.05) is 26.2 Å². The normalized spacial score (nSPS) is 31.5. The van der Waals surface area contributed by atoms with Crippen LogP contribution < -0.4 is 10.6 Å². The lowest BCUT2D eigenvalue weighted by Gasteiger charge is -2.36. The van der Waals surface area contributed by atoms with Crippen molar-refractivity contribution in [3.8, 4) is 0 Å². The number of aliphatic imine (C=N–C) groups is 1. The highest BCUT2D eigenvalue weighted by atomic mass is 15.2. The minimum Gasteiger partial charge on any atom is -0.354 e. The fourth-order valence-electron chi connectivity index (χ4n) is 4.33. The lowest BCUT2D eigenvalue weighted by molar-refractivity contribution is 0.150. The van der Waals surface area contributed by atoms with Crippen molar-refractivity contribution < 1.29 is 0 Å². The predicted octanol–water partition coefficient (Wildman–Crippen LogP) is 2.75. The Kier molecular flexibility index (Phi) is 5.61. The zero-order valence-corrected chi connectivity index (χ0v) is 14.5. The first-order chi connectivity index (χ1) is 10.8. The van der Waals surface area contributed by atoms with Gasteiger partial charge in [-0.05, 0) is 44.4 Å². The van der Waals surface area contributed by atoms with Crippen molar-refractivity contribution in [2.75, 3.05) is 20.1 Å². The van der Waals surface area contributed by atoms with E-state index in [2.05, 4.69) is 27.4 Å². The summed E-state index contributed by atoms with van der Waals surface area (Å²) in [5.41, 5.74) is 0. The van der Waals surface area contributed by atoms with Gasteiger partial charge in [0.2, 0.25) is 0 Å². The maximum Gasteiger partial charge on any atom is 0.191 e. The fourth-order valence-corrected chi connectivity index (χ4v) is 4.33. The Bertz CT molecular complexity index is 367. The number of hydrogen-bond acceptors (Lipinski definition) is 2. The van der Waals surface area contributed by atoms with E-state index >= 15 is 0 Å². The summed E-state index contributed by atoms with van der Waals surface area (Å²) in [7, 11) is 1.90. The molecular formula is C18H34N4. The van der Waals surface area contributed by atoms with E-state index in [0.29, 0.717) is 12.1 Å². The van der Waals surface area contributed by atoms with Crippen LogP contribution in [-0.2, 0) is 0 Å². The standard InChI is InChI=1S/C18H34N4/c1-3-6-14-13-17(14)21-18(19-2)20-15-9-11-22(12-10-15)16-7-4-5-8-16/h14-17H,3-13H2,1-2H3,(H2,19,20,21).